The van der Waals surface area contributed by atoms with Crippen LogP contribution >= 0.6 is 45.1 Å². The van der Waals surface area contributed by atoms with Gasteiger partial charge in [-0.05, 0) is 35.1 Å². The van der Waals surface area contributed by atoms with Crippen LogP contribution in [0.25, 0.3) is 0 Å². The lowest BCUT2D eigenvalue weighted by Crippen LogP contribution is -2.42. The van der Waals surface area contributed by atoms with Gasteiger partial charge in [0.15, 0.2) is 0 Å². The molecule has 164 valence electrons. The van der Waals surface area contributed by atoms with Crippen LogP contribution in [0.1, 0.15) is 10.4 Å². The number of benzene rings is 2. The van der Waals surface area contributed by atoms with Crippen molar-refractivity contribution in [3.05, 3.63) is 60.2 Å². The minimum Gasteiger partial charge on any atom is -0.364 e. The van der Waals surface area contributed by atoms with E-state index in [1.807, 2.05) is 76.2 Å². The molecule has 0 saturated carbocycles. The van der Waals surface area contributed by atoms with Gasteiger partial charge < -0.3 is 14.5 Å². The SMILES string of the molecule is O=C(SSc1ccccc1C(=O)N1CCSCC1)N1CCOC(Sc2ccccc2)C1. The van der Waals surface area contributed by atoms with Gasteiger partial charge in [0.25, 0.3) is 11.1 Å². The molecular weight excluding hydrogens is 469 g/mol. The van der Waals surface area contributed by atoms with E-state index < -0.39 is 0 Å². The Kier molecular flexibility index (Phi) is 8.55. The van der Waals surface area contributed by atoms with E-state index in [-0.39, 0.29) is 16.6 Å². The Balaban J connectivity index is 1.34. The first kappa shape index (κ1) is 22.9. The van der Waals surface area contributed by atoms with Gasteiger partial charge in [-0.25, -0.2) is 0 Å². The van der Waals surface area contributed by atoms with Crippen molar-refractivity contribution in [1.82, 2.24) is 9.80 Å². The van der Waals surface area contributed by atoms with E-state index in [1.165, 1.54) is 21.6 Å². The lowest BCUT2D eigenvalue weighted by atomic mass is 10.2. The summed E-state index contributed by atoms with van der Waals surface area (Å²) in [6.07, 6.45) is 0. The first-order chi connectivity index (χ1) is 15.2. The average molecular weight is 493 g/mol. The number of morpholine rings is 1. The Morgan fingerprint density at radius 3 is 2.48 bits per heavy atom. The van der Waals surface area contributed by atoms with Gasteiger partial charge in [0.1, 0.15) is 5.44 Å². The zero-order valence-corrected chi connectivity index (χ0v) is 20.2. The van der Waals surface area contributed by atoms with Crippen molar-refractivity contribution in [1.29, 1.82) is 0 Å². The second-order valence-corrected chi connectivity index (χ2v) is 11.6. The molecule has 0 radical (unpaired) electrons. The van der Waals surface area contributed by atoms with Crippen LogP contribution < -0.4 is 0 Å². The highest BCUT2D eigenvalue weighted by Crippen LogP contribution is 2.37. The van der Waals surface area contributed by atoms with Gasteiger partial charge >= 0.3 is 0 Å². The number of carbonyl (C=O) groups excluding carboxylic acids is 2. The molecule has 31 heavy (non-hydrogen) atoms. The molecule has 0 N–H and O–H groups in total. The van der Waals surface area contributed by atoms with E-state index in [0.29, 0.717) is 25.3 Å². The molecule has 2 aromatic rings. The van der Waals surface area contributed by atoms with E-state index >= 15 is 0 Å². The number of hydrogen-bond acceptors (Lipinski definition) is 7. The fourth-order valence-electron chi connectivity index (χ4n) is 3.29. The molecule has 2 fully saturated rings. The first-order valence-electron chi connectivity index (χ1n) is 10.1. The number of ether oxygens (including phenoxy) is 1. The van der Waals surface area contributed by atoms with Crippen molar-refractivity contribution in [3.8, 4) is 0 Å². The molecule has 0 bridgehead atoms. The third-order valence-electron chi connectivity index (χ3n) is 4.92. The summed E-state index contributed by atoms with van der Waals surface area (Å²) in [5.74, 6) is 2.02. The summed E-state index contributed by atoms with van der Waals surface area (Å²) in [6, 6.07) is 17.7. The minimum atomic E-state index is -0.0727. The number of hydrogen-bond donors (Lipinski definition) is 0. The van der Waals surface area contributed by atoms with Crippen LogP contribution in [0.2, 0.25) is 0 Å². The smallest absolute Gasteiger partial charge is 0.292 e. The lowest BCUT2D eigenvalue weighted by Gasteiger charge is -2.32. The Hall–Kier alpha value is -1.26. The second-order valence-electron chi connectivity index (χ2n) is 7.01. The molecule has 2 heterocycles. The standard InChI is InChI=1S/C22H24N2O3S4/c25-21(23-11-14-28-15-12-23)18-8-4-5-9-19(18)30-31-22(26)24-10-13-27-20(16-24)29-17-6-2-1-3-7-17/h1-9,20H,10-16H2. The summed E-state index contributed by atoms with van der Waals surface area (Å²) < 4.78 is 5.84. The van der Waals surface area contributed by atoms with Crippen molar-refractivity contribution < 1.29 is 14.3 Å². The van der Waals surface area contributed by atoms with Gasteiger partial charge in [-0.3, -0.25) is 9.59 Å². The van der Waals surface area contributed by atoms with Gasteiger partial charge in [-0.1, -0.05) is 42.1 Å². The maximum atomic E-state index is 13.0. The second kappa shape index (κ2) is 11.6. The molecule has 9 heteroatoms. The average Bonchev–Trinajstić information content (AvgIpc) is 2.83. The van der Waals surface area contributed by atoms with Crippen LogP contribution in [0.5, 0.6) is 0 Å². The van der Waals surface area contributed by atoms with Gasteiger partial charge in [0.2, 0.25) is 0 Å². The predicted molar refractivity (Wildman–Crippen MR) is 132 cm³/mol. The molecule has 2 saturated heterocycles. The third kappa shape index (κ3) is 6.38. The zero-order chi connectivity index (χ0) is 21.5. The number of nitrogens with zero attached hydrogens (tertiary/aromatic N) is 2. The van der Waals surface area contributed by atoms with Crippen LogP contribution in [0, 0.1) is 0 Å². The van der Waals surface area contributed by atoms with E-state index in [1.54, 1.807) is 11.8 Å². The number of thioether (sulfide) groups is 2. The maximum absolute atomic E-state index is 13.0. The zero-order valence-electron chi connectivity index (χ0n) is 17.0. The van der Waals surface area contributed by atoms with Crippen LogP contribution in [-0.2, 0) is 4.74 Å². The topological polar surface area (TPSA) is 49.9 Å². The Bertz CT molecular complexity index is 893. The Morgan fingerprint density at radius 1 is 0.935 bits per heavy atom. The highest BCUT2D eigenvalue weighted by molar-refractivity contribution is 8.82. The van der Waals surface area contributed by atoms with Crippen molar-refractivity contribution >= 4 is 56.3 Å². The van der Waals surface area contributed by atoms with Gasteiger partial charge in [0, 0.05) is 51.7 Å². The molecule has 1 unspecified atom stereocenters. The highest BCUT2D eigenvalue weighted by Gasteiger charge is 2.26. The normalized spacial score (nSPS) is 19.3. The molecule has 1 atom stereocenters. The molecule has 0 aliphatic carbocycles. The maximum Gasteiger partial charge on any atom is 0.292 e. The lowest BCUT2D eigenvalue weighted by molar-refractivity contribution is 0.0389. The molecule has 2 aliphatic rings. The highest BCUT2D eigenvalue weighted by atomic mass is 33.1. The van der Waals surface area contributed by atoms with Gasteiger partial charge in [-0.2, -0.15) is 11.8 Å². The van der Waals surface area contributed by atoms with Crippen molar-refractivity contribution in [2.45, 2.75) is 15.2 Å². The molecule has 2 aromatic carbocycles. The molecule has 0 spiro atoms. The molecular formula is C22H24N2O3S4. The molecule has 5 nitrogen and oxygen atoms in total. The Morgan fingerprint density at radius 2 is 1.68 bits per heavy atom. The van der Waals surface area contributed by atoms with Gasteiger partial charge in [-0.15, -0.1) is 0 Å². The predicted octanol–water partition coefficient (Wildman–Crippen LogP) is 5.19. The quantitative estimate of drug-likeness (QED) is 0.533. The molecule has 2 amide bonds. The monoisotopic (exact) mass is 492 g/mol. The van der Waals surface area contributed by atoms with E-state index in [0.717, 1.165) is 34.4 Å². The van der Waals surface area contributed by atoms with Crippen LogP contribution in [-0.4, -0.2) is 70.7 Å². The van der Waals surface area contributed by atoms with E-state index in [2.05, 4.69) is 0 Å². The number of carbonyl (C=O) groups is 2. The number of amides is 2. The van der Waals surface area contributed by atoms with Crippen LogP contribution in [0.4, 0.5) is 4.79 Å². The molecule has 0 aromatic heterocycles. The van der Waals surface area contributed by atoms with Crippen molar-refractivity contribution in [2.75, 3.05) is 44.3 Å². The summed E-state index contributed by atoms with van der Waals surface area (Å²) in [4.78, 5) is 31.5. The largest absolute Gasteiger partial charge is 0.364 e. The minimum absolute atomic E-state index is 0.00332. The summed E-state index contributed by atoms with van der Waals surface area (Å²) in [6.45, 7) is 3.23. The van der Waals surface area contributed by atoms with Crippen LogP contribution in [0.3, 0.4) is 0 Å². The first-order valence-corrected chi connectivity index (χ1v) is 14.3. The summed E-state index contributed by atoms with van der Waals surface area (Å²) in [7, 11) is 2.56. The molecule has 4 rings (SSSR count). The van der Waals surface area contributed by atoms with E-state index in [9.17, 15) is 9.59 Å². The van der Waals surface area contributed by atoms with E-state index in [4.69, 9.17) is 4.74 Å². The fourth-order valence-corrected chi connectivity index (χ4v) is 7.28. The van der Waals surface area contributed by atoms with Crippen molar-refractivity contribution in [2.24, 2.45) is 0 Å². The van der Waals surface area contributed by atoms with Crippen LogP contribution in [0.15, 0.2) is 64.4 Å². The Labute approximate surface area is 199 Å². The third-order valence-corrected chi connectivity index (χ3v) is 9.19. The summed E-state index contributed by atoms with van der Waals surface area (Å²) in [5.41, 5.74) is 0.607. The van der Waals surface area contributed by atoms with Gasteiger partial charge in [0.05, 0.1) is 18.7 Å². The summed E-state index contributed by atoms with van der Waals surface area (Å²) >= 11 is 3.52. The number of rotatable bonds is 5. The fraction of sp³-hybridized carbons (Fsp3) is 0.364. The van der Waals surface area contributed by atoms with Crippen molar-refractivity contribution in [3.63, 3.8) is 0 Å². The summed E-state index contributed by atoms with van der Waals surface area (Å²) in [5, 5.41) is 0.00332. The molecule has 2 aliphatic heterocycles.